The van der Waals surface area contributed by atoms with Crippen molar-refractivity contribution < 1.29 is 31.7 Å². The van der Waals surface area contributed by atoms with Crippen LogP contribution in [0.3, 0.4) is 0 Å². The van der Waals surface area contributed by atoms with E-state index in [0.29, 0.717) is 39.8 Å². The van der Waals surface area contributed by atoms with Crippen LogP contribution in [0.25, 0.3) is 0 Å². The number of nitrogens with zero attached hydrogens (tertiary/aromatic N) is 5. The second-order valence-corrected chi connectivity index (χ2v) is 13.0. The number of carbonyl (C=O) groups excluding carboxylic acids is 1. The van der Waals surface area contributed by atoms with Crippen molar-refractivity contribution in [2.45, 2.75) is 70.9 Å². The first-order valence-electron chi connectivity index (χ1n) is 13.5. The van der Waals surface area contributed by atoms with Crippen LogP contribution in [-0.4, -0.2) is 30.4 Å². The molecule has 1 aromatic carbocycles. The normalized spacial score (nSPS) is 26.2. The number of halogens is 6. The van der Waals surface area contributed by atoms with Crippen molar-refractivity contribution in [1.29, 1.82) is 0 Å². The van der Waals surface area contributed by atoms with Crippen LogP contribution in [-0.2, 0) is 16.9 Å². The smallest absolute Gasteiger partial charge is 0.358 e. The van der Waals surface area contributed by atoms with Gasteiger partial charge in [-0.25, -0.2) is 22.0 Å². The second kappa shape index (κ2) is 9.85. The first kappa shape index (κ1) is 28.7. The molecule has 3 aromatic rings. The lowest BCUT2D eigenvalue weighted by Crippen LogP contribution is -2.57. The van der Waals surface area contributed by atoms with Gasteiger partial charge in [0.2, 0.25) is 11.7 Å². The van der Waals surface area contributed by atoms with Gasteiger partial charge in [-0.15, -0.1) is 0 Å². The van der Waals surface area contributed by atoms with Crippen molar-refractivity contribution >= 4 is 33.3 Å². The summed E-state index contributed by atoms with van der Waals surface area (Å²) in [5.74, 6) is -10.0. The summed E-state index contributed by atoms with van der Waals surface area (Å²) in [5.41, 5.74) is -0.879. The van der Waals surface area contributed by atoms with Crippen LogP contribution in [0, 0.1) is 70.3 Å². The van der Waals surface area contributed by atoms with Crippen LogP contribution in [0.1, 0.15) is 61.9 Å². The quantitative estimate of drug-likeness (QED) is 0.104. The number of hydrogen-bond donors (Lipinski definition) is 1. The number of aryl methyl sites for hydroxylation is 1. The highest BCUT2D eigenvalue weighted by molar-refractivity contribution is 9.10. The monoisotopic (exact) mass is 656 g/mol. The Bertz CT molecular complexity index is 1610. The Labute approximate surface area is 244 Å². The molecule has 4 aliphatic rings. The first-order chi connectivity index (χ1) is 19.7. The van der Waals surface area contributed by atoms with Gasteiger partial charge in [-0.3, -0.25) is 9.48 Å². The zero-order valence-electron chi connectivity index (χ0n) is 22.6. The number of carbonyl (C=O) groups is 1. The van der Waals surface area contributed by atoms with Crippen molar-refractivity contribution in [3.05, 3.63) is 66.8 Å². The lowest BCUT2D eigenvalue weighted by molar-refractivity contribution is -0.390. The van der Waals surface area contributed by atoms with Crippen molar-refractivity contribution in [3.63, 3.8) is 0 Å². The van der Waals surface area contributed by atoms with Gasteiger partial charge in [-0.2, -0.15) is 9.78 Å². The summed E-state index contributed by atoms with van der Waals surface area (Å²) in [7, 11) is 0. The molecule has 4 aliphatic carbocycles. The second-order valence-electron chi connectivity index (χ2n) is 12.2. The topological polar surface area (TPSA) is 108 Å². The molecule has 0 aliphatic heterocycles. The van der Waals surface area contributed by atoms with Gasteiger partial charge < -0.3 is 15.4 Å². The van der Waals surface area contributed by atoms with Crippen molar-refractivity contribution in [2.24, 2.45) is 17.3 Å². The molecule has 2 aromatic heterocycles. The van der Waals surface area contributed by atoms with Crippen LogP contribution >= 0.6 is 15.9 Å². The fourth-order valence-electron chi connectivity index (χ4n) is 8.08. The third-order valence-electron chi connectivity index (χ3n) is 9.25. The Morgan fingerprint density at radius 2 is 1.64 bits per heavy atom. The third kappa shape index (κ3) is 4.51. The van der Waals surface area contributed by atoms with Crippen LogP contribution < -0.4 is 5.32 Å². The minimum atomic E-state index is -2.24. The average Bonchev–Trinajstić information content (AvgIpc) is 3.43. The summed E-state index contributed by atoms with van der Waals surface area (Å²) >= 11 is 3.25. The maximum atomic E-state index is 14.3. The van der Waals surface area contributed by atoms with E-state index in [1.165, 1.54) is 6.92 Å². The Morgan fingerprint density at radius 1 is 1.05 bits per heavy atom. The molecule has 2 atom stereocenters. The summed E-state index contributed by atoms with van der Waals surface area (Å²) in [4.78, 5) is 24.4. The van der Waals surface area contributed by atoms with Crippen LogP contribution in [0.4, 0.5) is 33.5 Å². The highest BCUT2D eigenvalue weighted by Crippen LogP contribution is 2.65. The molecule has 1 N–H and O–H groups in total. The van der Waals surface area contributed by atoms with E-state index in [-0.39, 0.29) is 23.6 Å². The van der Waals surface area contributed by atoms with E-state index in [9.17, 15) is 36.9 Å². The zero-order valence-corrected chi connectivity index (χ0v) is 24.2. The van der Waals surface area contributed by atoms with Crippen LogP contribution in [0.2, 0.25) is 0 Å². The Balaban J connectivity index is 1.23. The third-order valence-corrected chi connectivity index (χ3v) is 9.81. The lowest BCUT2D eigenvalue weighted by atomic mass is 9.46. The Morgan fingerprint density at radius 3 is 2.21 bits per heavy atom. The molecule has 4 fully saturated rings. The zero-order chi connectivity index (χ0) is 30.3. The number of amides is 1. The number of hydrogen-bond acceptors (Lipinski definition) is 5. The first-order valence-corrected chi connectivity index (χ1v) is 14.3. The van der Waals surface area contributed by atoms with E-state index in [0.717, 1.165) is 36.8 Å². The fourth-order valence-corrected chi connectivity index (χ4v) is 8.50. The lowest BCUT2D eigenvalue weighted by Gasteiger charge is -2.61. The summed E-state index contributed by atoms with van der Waals surface area (Å²) in [6.45, 7) is 2.37. The van der Waals surface area contributed by atoms with Gasteiger partial charge in [-0.05, 0) is 90.5 Å². The van der Waals surface area contributed by atoms with Crippen LogP contribution in [0.15, 0.2) is 10.7 Å². The number of aromatic nitrogens is 4. The minimum Gasteiger partial charge on any atom is -0.358 e. The van der Waals surface area contributed by atoms with Gasteiger partial charge in [0.1, 0.15) is 4.47 Å². The SMILES string of the molecule is Cc1nn(Cc2c(F)c(F)c(F)c(F)c2F)c(C)c1NC(=O)CC12CC3CC(C1)CC(n1cc(Br)c([N+](=O)[O-])n1)(C3)C2. The molecule has 1 amide bonds. The van der Waals surface area contributed by atoms with E-state index in [1.807, 2.05) is 0 Å². The largest absolute Gasteiger partial charge is 0.404 e. The van der Waals surface area contributed by atoms with E-state index in [4.69, 9.17) is 0 Å². The molecule has 15 heteroatoms. The summed E-state index contributed by atoms with van der Waals surface area (Å²) < 4.78 is 72.6. The fraction of sp³-hybridized carbons (Fsp3) is 0.519. The van der Waals surface area contributed by atoms with Crippen molar-refractivity contribution in [3.8, 4) is 0 Å². The predicted octanol–water partition coefficient (Wildman–Crippen LogP) is 6.44. The molecule has 9 nitrogen and oxygen atoms in total. The standard InChI is InChI=1S/C27H26BrF5N6O3/c1-12-24(13(2)37(35-12)9-16-19(29)21(31)23(33)22(32)20(16)30)34-18(40)8-26-4-14-3-15(5-26)7-27(6-14,11-26)38-10-17(28)25(36-38)39(41)42/h10,14-15H,3-9,11H2,1-2H3,(H,34,40). The highest BCUT2D eigenvalue weighted by Gasteiger charge is 2.60. The van der Waals surface area contributed by atoms with Crippen LogP contribution in [0.5, 0.6) is 0 Å². The minimum absolute atomic E-state index is 0.188. The summed E-state index contributed by atoms with van der Waals surface area (Å²) in [6, 6.07) is 0. The number of nitro groups is 1. The maximum absolute atomic E-state index is 14.3. The number of nitrogens with one attached hydrogen (secondary N) is 1. The van der Waals surface area contributed by atoms with Gasteiger partial charge in [0.25, 0.3) is 0 Å². The van der Waals surface area contributed by atoms with Gasteiger partial charge in [0.15, 0.2) is 23.3 Å². The maximum Gasteiger partial charge on any atom is 0.404 e. The van der Waals surface area contributed by atoms with Gasteiger partial charge >= 0.3 is 5.82 Å². The van der Waals surface area contributed by atoms with E-state index in [1.54, 1.807) is 17.8 Å². The molecule has 2 heterocycles. The van der Waals surface area contributed by atoms with Crippen molar-refractivity contribution in [2.75, 3.05) is 5.32 Å². The van der Waals surface area contributed by atoms with E-state index in [2.05, 4.69) is 31.4 Å². The molecule has 0 spiro atoms. The summed E-state index contributed by atoms with van der Waals surface area (Å²) in [5, 5.41) is 22.8. The van der Waals surface area contributed by atoms with E-state index >= 15 is 0 Å². The predicted molar refractivity (Wildman–Crippen MR) is 142 cm³/mol. The van der Waals surface area contributed by atoms with Gasteiger partial charge in [-0.1, -0.05) is 0 Å². The number of rotatable bonds is 7. The average molecular weight is 657 g/mol. The number of anilines is 1. The molecule has 224 valence electrons. The van der Waals surface area contributed by atoms with Gasteiger partial charge in [0.05, 0.1) is 46.0 Å². The van der Waals surface area contributed by atoms with E-state index < -0.39 is 51.7 Å². The molecule has 42 heavy (non-hydrogen) atoms. The molecular formula is C27H26BrF5N6O3. The number of benzene rings is 1. The highest BCUT2D eigenvalue weighted by atomic mass is 79.9. The summed E-state index contributed by atoms with van der Waals surface area (Å²) in [6.07, 6.45) is 6.89. The molecule has 7 rings (SSSR count). The van der Waals surface area contributed by atoms with Crippen molar-refractivity contribution in [1.82, 2.24) is 19.6 Å². The molecule has 0 radical (unpaired) electrons. The molecular weight excluding hydrogens is 631 g/mol. The van der Waals surface area contributed by atoms with Gasteiger partial charge in [0, 0.05) is 6.42 Å². The Hall–Kier alpha value is -3.36. The molecule has 2 unspecified atom stereocenters. The Kier molecular flexibility index (Phi) is 6.74. The molecule has 0 saturated heterocycles. The molecule has 4 saturated carbocycles. The molecule has 4 bridgehead atoms.